The molecular weight excluding hydrogens is 364 g/mol. The fourth-order valence-corrected chi connectivity index (χ4v) is 4.67. The summed E-state index contributed by atoms with van der Waals surface area (Å²) in [4.78, 5) is 42.5. The van der Waals surface area contributed by atoms with Crippen LogP contribution in [0.15, 0.2) is 22.9 Å². The van der Waals surface area contributed by atoms with Gasteiger partial charge in [-0.2, -0.15) is 0 Å². The molecule has 2 rings (SSSR count). The molecule has 0 aromatic rings. The minimum Gasteiger partial charge on any atom is -0.455 e. The molecule has 0 unspecified atom stereocenters. The first kappa shape index (κ1) is 20.1. The van der Waals surface area contributed by atoms with Crippen LogP contribution in [0.1, 0.15) is 27.7 Å². The van der Waals surface area contributed by atoms with Crippen molar-refractivity contribution in [3.63, 3.8) is 0 Å². The van der Waals surface area contributed by atoms with Crippen LogP contribution in [-0.2, 0) is 33.8 Å². The van der Waals surface area contributed by atoms with Gasteiger partial charge in [0.05, 0.1) is 18.4 Å². The highest BCUT2D eigenvalue weighted by Gasteiger charge is 2.56. The Bertz CT molecular complexity index is 833. The van der Waals surface area contributed by atoms with Crippen LogP contribution in [0.2, 0.25) is 0 Å². The van der Waals surface area contributed by atoms with E-state index in [0.717, 1.165) is 16.0 Å². The molecular formula is C16H22N2O7S. The molecule has 0 N–H and O–H groups in total. The Morgan fingerprint density at radius 3 is 2.38 bits per heavy atom. The first-order chi connectivity index (χ1) is 11.8. The number of fused-ring (bicyclic) bond motifs is 1. The standard InChI is InChI=1S/C16H22N2O7S/c1-9-8-26(22,23)14-10(7-11(19)17(5)24-6)13(20)18(14)12(9)15(21)25-16(2,3)4/h7,14H,8H2,1-6H3/b10-7-/t14-/m1/s1. The molecule has 0 bridgehead atoms. The van der Waals surface area contributed by atoms with E-state index in [9.17, 15) is 22.8 Å². The van der Waals surface area contributed by atoms with Crippen molar-refractivity contribution >= 4 is 27.6 Å². The summed E-state index contributed by atoms with van der Waals surface area (Å²) in [6.45, 7) is 6.47. The van der Waals surface area contributed by atoms with Crippen LogP contribution in [0.5, 0.6) is 0 Å². The van der Waals surface area contributed by atoms with Gasteiger partial charge in [0.1, 0.15) is 11.3 Å². The average Bonchev–Trinajstić information content (AvgIpc) is 2.48. The molecule has 2 heterocycles. The summed E-state index contributed by atoms with van der Waals surface area (Å²) in [6, 6.07) is 0. The number of sulfone groups is 1. The summed E-state index contributed by atoms with van der Waals surface area (Å²) in [7, 11) is -1.20. The number of nitrogens with zero attached hydrogens (tertiary/aromatic N) is 2. The van der Waals surface area contributed by atoms with Crippen molar-refractivity contribution in [2.75, 3.05) is 19.9 Å². The predicted octanol–water partition coefficient (Wildman–Crippen LogP) is 0.145. The van der Waals surface area contributed by atoms with E-state index >= 15 is 0 Å². The minimum absolute atomic E-state index is 0.0885. The maximum Gasteiger partial charge on any atom is 0.355 e. The van der Waals surface area contributed by atoms with Crippen molar-refractivity contribution in [2.45, 2.75) is 38.7 Å². The third-order valence-electron chi connectivity index (χ3n) is 3.82. The lowest BCUT2D eigenvalue weighted by Crippen LogP contribution is -2.62. The molecule has 144 valence electrons. The predicted molar refractivity (Wildman–Crippen MR) is 90.8 cm³/mol. The number of likely N-dealkylation sites (N-methyl/N-ethyl adjacent to an activating group) is 1. The monoisotopic (exact) mass is 386 g/mol. The Kier molecular flexibility index (Phi) is 5.04. The number of carbonyl (C=O) groups is 3. The van der Waals surface area contributed by atoms with Gasteiger partial charge in [-0.3, -0.25) is 19.3 Å². The zero-order valence-electron chi connectivity index (χ0n) is 15.5. The molecule has 1 fully saturated rings. The first-order valence-electron chi connectivity index (χ1n) is 7.81. The molecule has 0 aromatic carbocycles. The summed E-state index contributed by atoms with van der Waals surface area (Å²) in [5.41, 5.74) is -0.870. The molecule has 2 aliphatic heterocycles. The van der Waals surface area contributed by atoms with Crippen LogP contribution >= 0.6 is 0 Å². The first-order valence-corrected chi connectivity index (χ1v) is 9.53. The molecule has 26 heavy (non-hydrogen) atoms. The number of rotatable bonds is 3. The van der Waals surface area contributed by atoms with Crippen LogP contribution in [0.4, 0.5) is 0 Å². The number of hydrogen-bond donors (Lipinski definition) is 0. The highest BCUT2D eigenvalue weighted by Crippen LogP contribution is 2.40. The molecule has 10 heteroatoms. The highest BCUT2D eigenvalue weighted by atomic mass is 32.2. The lowest BCUT2D eigenvalue weighted by atomic mass is 10.0. The Balaban J connectivity index is 2.45. The van der Waals surface area contributed by atoms with Gasteiger partial charge >= 0.3 is 5.97 Å². The quantitative estimate of drug-likeness (QED) is 0.294. The largest absolute Gasteiger partial charge is 0.455 e. The number of β-lactam (4-membered cyclic amide) rings is 1. The highest BCUT2D eigenvalue weighted by molar-refractivity contribution is 7.92. The van der Waals surface area contributed by atoms with Crippen molar-refractivity contribution in [3.05, 3.63) is 22.9 Å². The molecule has 1 saturated heterocycles. The number of amides is 2. The Morgan fingerprint density at radius 2 is 1.88 bits per heavy atom. The normalized spacial score (nSPS) is 23.5. The lowest BCUT2D eigenvalue weighted by molar-refractivity contribution is -0.163. The van der Waals surface area contributed by atoms with Crippen molar-refractivity contribution in [1.82, 2.24) is 9.96 Å². The van der Waals surface area contributed by atoms with E-state index in [-0.39, 0.29) is 16.8 Å². The van der Waals surface area contributed by atoms with Crippen LogP contribution in [0, 0.1) is 0 Å². The molecule has 9 nitrogen and oxygen atoms in total. The van der Waals surface area contributed by atoms with Crippen LogP contribution < -0.4 is 0 Å². The summed E-state index contributed by atoms with van der Waals surface area (Å²) < 4.78 is 30.3. The van der Waals surface area contributed by atoms with Gasteiger partial charge in [0, 0.05) is 13.1 Å². The maximum atomic E-state index is 12.5. The van der Waals surface area contributed by atoms with Crippen LogP contribution in [-0.4, -0.2) is 67.0 Å². The van der Waals surface area contributed by atoms with Crippen LogP contribution in [0.25, 0.3) is 0 Å². The molecule has 0 radical (unpaired) electrons. The van der Waals surface area contributed by atoms with Gasteiger partial charge in [-0.15, -0.1) is 0 Å². The number of hydroxylamine groups is 2. The van der Waals surface area contributed by atoms with Gasteiger partial charge in [-0.1, -0.05) is 0 Å². The fraction of sp³-hybridized carbons (Fsp3) is 0.562. The Labute approximate surface area is 152 Å². The molecule has 2 aliphatic rings. The van der Waals surface area contributed by atoms with E-state index in [0.29, 0.717) is 0 Å². The van der Waals surface area contributed by atoms with Crippen molar-refractivity contribution in [2.24, 2.45) is 0 Å². The van der Waals surface area contributed by atoms with E-state index in [2.05, 4.69) is 0 Å². The van der Waals surface area contributed by atoms with Crippen molar-refractivity contribution in [3.8, 4) is 0 Å². The zero-order valence-corrected chi connectivity index (χ0v) is 16.3. The van der Waals surface area contributed by atoms with E-state index < -0.39 is 44.3 Å². The van der Waals surface area contributed by atoms with Gasteiger partial charge in [-0.05, 0) is 33.3 Å². The Hall–Kier alpha value is -2.20. The number of carbonyl (C=O) groups excluding carboxylic acids is 3. The van der Waals surface area contributed by atoms with Gasteiger partial charge < -0.3 is 4.74 Å². The second-order valence-corrected chi connectivity index (χ2v) is 9.14. The molecule has 1 atom stereocenters. The van der Waals surface area contributed by atoms with E-state index in [1.807, 2.05) is 0 Å². The van der Waals surface area contributed by atoms with Gasteiger partial charge in [-0.25, -0.2) is 18.3 Å². The third kappa shape index (κ3) is 3.51. The summed E-state index contributed by atoms with van der Waals surface area (Å²) >= 11 is 0. The van der Waals surface area contributed by atoms with E-state index in [1.165, 1.54) is 21.1 Å². The minimum atomic E-state index is -3.78. The number of esters is 1. The second kappa shape index (κ2) is 6.51. The summed E-state index contributed by atoms with van der Waals surface area (Å²) in [6.07, 6.45) is 0.915. The lowest BCUT2D eigenvalue weighted by Gasteiger charge is -2.45. The maximum absolute atomic E-state index is 12.5. The van der Waals surface area contributed by atoms with Crippen molar-refractivity contribution in [1.29, 1.82) is 0 Å². The van der Waals surface area contributed by atoms with E-state index in [1.54, 1.807) is 20.8 Å². The molecule has 2 amide bonds. The third-order valence-corrected chi connectivity index (χ3v) is 5.81. The van der Waals surface area contributed by atoms with Crippen molar-refractivity contribution < 1.29 is 32.4 Å². The SMILES string of the molecule is CON(C)C(=O)/C=C1/C(=O)N2C(C(=O)OC(C)(C)C)=C(C)CS(=O)(=O)[C@H]12. The van der Waals surface area contributed by atoms with E-state index in [4.69, 9.17) is 9.57 Å². The fourth-order valence-electron chi connectivity index (χ4n) is 2.70. The second-order valence-electron chi connectivity index (χ2n) is 7.08. The van der Waals surface area contributed by atoms with Gasteiger partial charge in [0.25, 0.3) is 11.8 Å². The number of ether oxygens (including phenoxy) is 1. The van der Waals surface area contributed by atoms with Gasteiger partial charge in [0.15, 0.2) is 15.2 Å². The molecule has 0 aliphatic carbocycles. The molecule has 0 aromatic heterocycles. The summed E-state index contributed by atoms with van der Waals surface area (Å²) in [5.74, 6) is -2.59. The number of hydrogen-bond acceptors (Lipinski definition) is 7. The average molecular weight is 386 g/mol. The smallest absolute Gasteiger partial charge is 0.355 e. The molecule has 0 spiro atoms. The summed E-state index contributed by atoms with van der Waals surface area (Å²) in [5, 5.41) is -0.524. The van der Waals surface area contributed by atoms with Crippen LogP contribution in [0.3, 0.4) is 0 Å². The van der Waals surface area contributed by atoms with Gasteiger partial charge in [0.2, 0.25) is 0 Å². The zero-order chi connectivity index (χ0) is 20.0. The molecule has 0 saturated carbocycles. The Morgan fingerprint density at radius 1 is 1.31 bits per heavy atom. The topological polar surface area (TPSA) is 110 Å².